The molecular formula is C14H17. The van der Waals surface area contributed by atoms with Gasteiger partial charge >= 0.3 is 0 Å². The van der Waals surface area contributed by atoms with Gasteiger partial charge in [0.1, 0.15) is 0 Å². The lowest BCUT2D eigenvalue weighted by Gasteiger charge is -2.09. The quantitative estimate of drug-likeness (QED) is 0.481. The highest BCUT2D eigenvalue weighted by molar-refractivity contribution is 5.25. The molecule has 0 aromatic heterocycles. The molecule has 1 unspecified atom stereocenters. The van der Waals surface area contributed by atoms with Crippen molar-refractivity contribution >= 4 is 0 Å². The van der Waals surface area contributed by atoms with E-state index in [0.717, 1.165) is 6.42 Å². The van der Waals surface area contributed by atoms with E-state index >= 15 is 0 Å². The Bertz CT molecular complexity index is 279. The summed E-state index contributed by atoms with van der Waals surface area (Å²) in [6.07, 6.45) is 12.0. The van der Waals surface area contributed by atoms with Gasteiger partial charge in [0.25, 0.3) is 0 Å². The second kappa shape index (κ2) is 6.27. The van der Waals surface area contributed by atoms with Crippen molar-refractivity contribution < 1.29 is 0 Å². The zero-order chi connectivity index (χ0) is 10.2. The molecular weight excluding hydrogens is 168 g/mol. The summed E-state index contributed by atoms with van der Waals surface area (Å²) >= 11 is 0. The van der Waals surface area contributed by atoms with Crippen molar-refractivity contribution in [3.05, 3.63) is 42.3 Å². The Balaban J connectivity index is 2.52. The number of hydrogen-bond donors (Lipinski definition) is 0. The summed E-state index contributed by atoms with van der Waals surface area (Å²) in [5, 5.41) is 0. The first-order valence-electron chi connectivity index (χ1n) is 5.35. The Morgan fingerprint density at radius 3 is 2.50 bits per heavy atom. The van der Waals surface area contributed by atoms with Crippen molar-refractivity contribution in [2.75, 3.05) is 0 Å². The Hall–Kier alpha value is -1.22. The fourth-order valence-corrected chi connectivity index (χ4v) is 1.61. The molecule has 0 fully saturated rings. The van der Waals surface area contributed by atoms with Crippen LogP contribution in [0.3, 0.4) is 0 Å². The van der Waals surface area contributed by atoms with Gasteiger partial charge in [-0.3, -0.25) is 0 Å². The third-order valence-corrected chi connectivity index (χ3v) is 2.47. The predicted octanol–water partition coefficient (Wildman–Crippen LogP) is 3.94. The molecule has 0 aliphatic carbocycles. The van der Waals surface area contributed by atoms with Gasteiger partial charge in [0.15, 0.2) is 0 Å². The summed E-state index contributed by atoms with van der Waals surface area (Å²) in [5.41, 5.74) is 1.22. The second-order valence-electron chi connectivity index (χ2n) is 3.60. The summed E-state index contributed by atoms with van der Waals surface area (Å²) < 4.78 is 0. The number of benzene rings is 1. The molecule has 1 aromatic carbocycles. The lowest BCUT2D eigenvalue weighted by atomic mass is 9.94. The number of hydrogen-bond acceptors (Lipinski definition) is 0. The molecule has 14 heavy (non-hydrogen) atoms. The highest BCUT2D eigenvalue weighted by atomic mass is 14.1. The highest BCUT2D eigenvalue weighted by Gasteiger charge is 2.06. The maximum Gasteiger partial charge on any atom is 0.0462 e. The van der Waals surface area contributed by atoms with Crippen molar-refractivity contribution in [1.29, 1.82) is 0 Å². The van der Waals surface area contributed by atoms with Gasteiger partial charge in [-0.05, 0) is 18.4 Å². The molecule has 0 nitrogen and oxygen atoms in total. The van der Waals surface area contributed by atoms with Gasteiger partial charge in [0.2, 0.25) is 0 Å². The number of rotatable bonds is 5. The fourth-order valence-electron chi connectivity index (χ4n) is 1.61. The van der Waals surface area contributed by atoms with Crippen LogP contribution >= 0.6 is 0 Å². The van der Waals surface area contributed by atoms with Crippen LogP contribution in [0.25, 0.3) is 0 Å². The van der Waals surface area contributed by atoms with Crippen LogP contribution in [0.15, 0.2) is 30.3 Å². The first-order chi connectivity index (χ1) is 6.88. The topological polar surface area (TPSA) is 0 Å². The summed E-state index contributed by atoms with van der Waals surface area (Å²) in [6, 6.07) is 10.2. The molecule has 1 atom stereocenters. The van der Waals surface area contributed by atoms with E-state index in [1.54, 1.807) is 0 Å². The van der Waals surface area contributed by atoms with Crippen LogP contribution in [-0.4, -0.2) is 0 Å². The van der Waals surface area contributed by atoms with Gasteiger partial charge in [-0.1, -0.05) is 62.4 Å². The zero-order valence-corrected chi connectivity index (χ0v) is 8.79. The van der Waals surface area contributed by atoms with E-state index in [1.165, 1.54) is 24.8 Å². The highest BCUT2D eigenvalue weighted by Crippen LogP contribution is 2.21. The zero-order valence-electron chi connectivity index (χ0n) is 8.79. The van der Waals surface area contributed by atoms with Crippen LogP contribution in [0.1, 0.15) is 44.1 Å². The lowest BCUT2D eigenvalue weighted by molar-refractivity contribution is 0.637. The molecule has 0 N–H and O–H groups in total. The Kier molecular flexibility index (Phi) is 4.86. The third-order valence-electron chi connectivity index (χ3n) is 2.47. The van der Waals surface area contributed by atoms with Gasteiger partial charge in [-0.25, -0.2) is 0 Å². The van der Waals surface area contributed by atoms with E-state index in [0.29, 0.717) is 0 Å². The molecule has 0 heterocycles. The summed E-state index contributed by atoms with van der Waals surface area (Å²) in [5.74, 6) is 2.82. The van der Waals surface area contributed by atoms with Crippen LogP contribution in [-0.2, 0) is 0 Å². The van der Waals surface area contributed by atoms with Crippen LogP contribution < -0.4 is 0 Å². The van der Waals surface area contributed by atoms with E-state index in [2.05, 4.69) is 25.0 Å². The molecule has 1 rings (SSSR count). The second-order valence-corrected chi connectivity index (χ2v) is 3.60. The number of unbranched alkanes of at least 4 members (excludes halogenated alkanes) is 2. The summed E-state index contributed by atoms with van der Waals surface area (Å²) in [6.45, 7) is 2.20. The maximum absolute atomic E-state index is 7.28. The van der Waals surface area contributed by atoms with Gasteiger partial charge in [-0.15, -0.1) is 0 Å². The molecule has 1 aromatic rings. The lowest BCUT2D eigenvalue weighted by Crippen LogP contribution is -1.95. The third kappa shape index (κ3) is 3.26. The SMILES string of the molecule is [C]#CC(CCCCC)c1ccccc1. The fraction of sp³-hybridized carbons (Fsp3) is 0.429. The Morgan fingerprint density at radius 1 is 1.21 bits per heavy atom. The summed E-state index contributed by atoms with van der Waals surface area (Å²) in [4.78, 5) is 0. The van der Waals surface area contributed by atoms with Gasteiger partial charge in [0, 0.05) is 5.92 Å². The van der Waals surface area contributed by atoms with Crippen LogP contribution in [0, 0.1) is 12.3 Å². The molecule has 73 valence electrons. The molecule has 0 spiro atoms. The van der Waals surface area contributed by atoms with Crippen LogP contribution in [0.4, 0.5) is 0 Å². The molecule has 1 radical (unpaired) electrons. The first kappa shape index (κ1) is 10.9. The van der Waals surface area contributed by atoms with Gasteiger partial charge in [-0.2, -0.15) is 0 Å². The Labute approximate surface area is 87.4 Å². The Morgan fingerprint density at radius 2 is 1.93 bits per heavy atom. The van der Waals surface area contributed by atoms with E-state index in [9.17, 15) is 0 Å². The minimum atomic E-state index is 0.197. The van der Waals surface area contributed by atoms with Crippen LogP contribution in [0.5, 0.6) is 0 Å². The molecule has 0 amide bonds. The average molecular weight is 185 g/mol. The minimum Gasteiger partial charge on any atom is -0.0809 e. The van der Waals surface area contributed by atoms with Crippen molar-refractivity contribution in [2.24, 2.45) is 0 Å². The smallest absolute Gasteiger partial charge is 0.0462 e. The van der Waals surface area contributed by atoms with E-state index in [4.69, 9.17) is 6.42 Å². The standard InChI is InChI=1S/C14H17/c1-3-5-7-10-13(4-2)14-11-8-6-9-12-14/h6,8-9,11-13H,3,5,7,10H2,1H3. The van der Waals surface area contributed by atoms with E-state index in [-0.39, 0.29) is 5.92 Å². The largest absolute Gasteiger partial charge is 0.0809 e. The molecule has 0 saturated heterocycles. The molecule has 0 saturated carbocycles. The van der Waals surface area contributed by atoms with Crippen molar-refractivity contribution in [3.8, 4) is 5.92 Å². The van der Waals surface area contributed by atoms with E-state index in [1.807, 2.05) is 18.2 Å². The van der Waals surface area contributed by atoms with Crippen molar-refractivity contribution in [1.82, 2.24) is 0 Å². The monoisotopic (exact) mass is 185 g/mol. The molecule has 0 bridgehead atoms. The minimum absolute atomic E-state index is 0.197. The van der Waals surface area contributed by atoms with Gasteiger partial charge in [0.05, 0.1) is 0 Å². The van der Waals surface area contributed by atoms with Crippen molar-refractivity contribution in [3.63, 3.8) is 0 Å². The summed E-state index contributed by atoms with van der Waals surface area (Å²) in [7, 11) is 0. The maximum atomic E-state index is 7.28. The van der Waals surface area contributed by atoms with Crippen molar-refractivity contribution in [2.45, 2.75) is 38.5 Å². The molecule has 0 heteroatoms. The van der Waals surface area contributed by atoms with Crippen LogP contribution in [0.2, 0.25) is 0 Å². The average Bonchev–Trinajstić information content (AvgIpc) is 2.26. The van der Waals surface area contributed by atoms with Gasteiger partial charge < -0.3 is 0 Å². The predicted molar refractivity (Wildman–Crippen MR) is 60.5 cm³/mol. The normalized spacial score (nSPS) is 12.0. The molecule has 0 aliphatic heterocycles. The van der Waals surface area contributed by atoms with E-state index < -0.39 is 0 Å². The first-order valence-corrected chi connectivity index (χ1v) is 5.35. The molecule has 0 aliphatic rings.